The Hall–Kier alpha value is 0.470. The topological polar surface area (TPSA) is 40.5 Å². The van der Waals surface area contributed by atoms with Crippen molar-refractivity contribution >= 4 is 27.2 Å². The first-order valence-corrected chi connectivity index (χ1v) is 22.8. The second-order valence-electron chi connectivity index (χ2n) is 12.2. The van der Waals surface area contributed by atoms with Gasteiger partial charge < -0.3 is 9.79 Å². The van der Waals surface area contributed by atoms with Crippen LogP contribution in [0.1, 0.15) is 194 Å². The van der Waals surface area contributed by atoms with E-state index < -0.39 is 15.9 Å². The Kier molecular flexibility index (Phi) is 33.7. The van der Waals surface area contributed by atoms with Crippen molar-refractivity contribution in [3.05, 3.63) is 24.3 Å². The summed E-state index contributed by atoms with van der Waals surface area (Å²) in [6.45, 7) is 4.55. The lowest BCUT2D eigenvalue weighted by Gasteiger charge is -2.15. The van der Waals surface area contributed by atoms with Crippen LogP contribution in [0.15, 0.2) is 24.3 Å². The van der Waals surface area contributed by atoms with Crippen molar-refractivity contribution in [2.24, 2.45) is 0 Å². The molecule has 5 heteroatoms. The first-order valence-electron chi connectivity index (χ1n) is 18.0. The third kappa shape index (κ3) is 33.2. The molecule has 0 radical (unpaired) electrons. The van der Waals surface area contributed by atoms with E-state index in [1.165, 1.54) is 167 Å². The summed E-state index contributed by atoms with van der Waals surface area (Å²) in [5.74, 6) is -1.42. The highest BCUT2D eigenvalue weighted by Gasteiger charge is 2.12. The van der Waals surface area contributed by atoms with Gasteiger partial charge in [0.1, 0.15) is 0 Å². The molecular weight excluding hydrogens is 563 g/mol. The molecule has 0 spiro atoms. The standard InChI is InChI=1S/C36H72ClO2PS/c1-3-5-7-9-11-13-15-17-19-21-23-25-27-29-31-33-35-41(40(37,38)39)36-34-32-30-28-26-24-22-20-18-16-14-12-10-8-6-4-2/h17-20,38-39H,3-16,21-36H2,1-2H3. The van der Waals surface area contributed by atoms with E-state index in [1.54, 1.807) is 0 Å². The van der Waals surface area contributed by atoms with Crippen LogP contribution in [0.2, 0.25) is 0 Å². The van der Waals surface area contributed by atoms with Gasteiger partial charge in [0.2, 0.25) is 5.84 Å². The van der Waals surface area contributed by atoms with Gasteiger partial charge >= 0.3 is 0 Å². The van der Waals surface area contributed by atoms with Crippen molar-refractivity contribution in [3.63, 3.8) is 0 Å². The van der Waals surface area contributed by atoms with Gasteiger partial charge in [0.15, 0.2) is 0 Å². The first-order chi connectivity index (χ1) is 20.0. The van der Waals surface area contributed by atoms with Crippen molar-refractivity contribution < 1.29 is 9.79 Å². The molecule has 0 aliphatic carbocycles. The minimum atomic E-state index is -3.22. The van der Waals surface area contributed by atoms with Crippen LogP contribution < -0.4 is 0 Å². The summed E-state index contributed by atoms with van der Waals surface area (Å²) in [5, 5.41) is 0. The van der Waals surface area contributed by atoms with Crippen molar-refractivity contribution in [2.75, 3.05) is 11.5 Å². The summed E-state index contributed by atoms with van der Waals surface area (Å²) in [7, 11) is -0.407. The molecular formula is C36H72ClO2PS. The lowest BCUT2D eigenvalue weighted by Crippen LogP contribution is -2.04. The van der Waals surface area contributed by atoms with Gasteiger partial charge in [0.05, 0.1) is 0 Å². The molecule has 0 aromatic heterocycles. The zero-order chi connectivity index (χ0) is 30.1. The van der Waals surface area contributed by atoms with Gasteiger partial charge in [0, 0.05) is 0 Å². The van der Waals surface area contributed by atoms with Crippen LogP contribution in [0.3, 0.4) is 0 Å². The smallest absolute Gasteiger partial charge is 0.235 e. The number of allylic oxidation sites excluding steroid dienone is 4. The highest BCUT2D eigenvalue weighted by Crippen LogP contribution is 2.48. The number of hydrogen-bond donors (Lipinski definition) is 2. The van der Waals surface area contributed by atoms with Gasteiger partial charge in [-0.05, 0) is 87.0 Å². The Bertz CT molecular complexity index is 591. The Labute approximate surface area is 265 Å². The molecule has 0 saturated carbocycles. The predicted octanol–water partition coefficient (Wildman–Crippen LogP) is 13.6. The predicted molar refractivity (Wildman–Crippen MR) is 193 cm³/mol. The van der Waals surface area contributed by atoms with Gasteiger partial charge in [0.25, 0.3) is 0 Å². The van der Waals surface area contributed by atoms with Crippen molar-refractivity contribution in [1.29, 1.82) is 0 Å². The Balaban J connectivity index is 3.62. The van der Waals surface area contributed by atoms with E-state index in [-0.39, 0.29) is 0 Å². The fraction of sp³-hybridized carbons (Fsp3) is 0.889. The monoisotopic (exact) mass is 634 g/mol. The van der Waals surface area contributed by atoms with Crippen molar-refractivity contribution in [3.8, 4) is 0 Å². The molecule has 0 rings (SSSR count). The van der Waals surface area contributed by atoms with E-state index in [9.17, 15) is 9.79 Å². The number of hydrogen-bond acceptors (Lipinski definition) is 0. The van der Waals surface area contributed by atoms with E-state index >= 15 is 0 Å². The van der Waals surface area contributed by atoms with E-state index in [0.29, 0.717) is 0 Å². The quantitative estimate of drug-likeness (QED) is 0.0439. The largest absolute Gasteiger partial charge is 0.338 e. The Morgan fingerprint density at radius 1 is 0.415 bits per heavy atom. The molecule has 0 amide bonds. The van der Waals surface area contributed by atoms with Crippen LogP contribution in [0.4, 0.5) is 0 Å². The summed E-state index contributed by atoms with van der Waals surface area (Å²) in [6, 6.07) is 0. The van der Waals surface area contributed by atoms with Crippen LogP contribution in [0, 0.1) is 0 Å². The highest BCUT2D eigenvalue weighted by atomic mass is 35.7. The SMILES string of the molecule is CCCCCCCCC=CCCCCCCCCS(CCCCCCCCC=CCCCCCCCC)=P(O)(O)Cl. The average Bonchev–Trinajstić information content (AvgIpc) is 2.95. The average molecular weight is 635 g/mol. The molecule has 2 N–H and O–H groups in total. The van der Waals surface area contributed by atoms with Crippen LogP contribution in [-0.4, -0.2) is 21.3 Å². The second-order valence-corrected chi connectivity index (χ2v) is 20.0. The molecule has 0 heterocycles. The molecule has 0 aromatic carbocycles. The van der Waals surface area contributed by atoms with Crippen molar-refractivity contribution in [1.82, 2.24) is 0 Å². The van der Waals surface area contributed by atoms with E-state index in [4.69, 9.17) is 11.2 Å². The number of rotatable bonds is 32. The first kappa shape index (κ1) is 41.5. The molecule has 0 aromatic rings. The molecule has 0 bridgehead atoms. The fourth-order valence-corrected chi connectivity index (χ4v) is 10.5. The number of halogens is 1. The van der Waals surface area contributed by atoms with E-state index in [0.717, 1.165) is 24.3 Å². The third-order valence-electron chi connectivity index (χ3n) is 8.11. The molecule has 0 atom stereocenters. The maximum atomic E-state index is 10.2. The van der Waals surface area contributed by atoms with Gasteiger partial charge in [-0.1, -0.05) is 154 Å². The lowest BCUT2D eigenvalue weighted by atomic mass is 10.1. The second kappa shape index (κ2) is 33.4. The molecule has 41 heavy (non-hydrogen) atoms. The van der Waals surface area contributed by atoms with Gasteiger partial charge in [-0.3, -0.25) is 0 Å². The van der Waals surface area contributed by atoms with Gasteiger partial charge in [-0.2, -0.15) is 0 Å². The molecule has 0 fully saturated rings. The highest BCUT2D eigenvalue weighted by molar-refractivity contribution is 8.37. The summed E-state index contributed by atoms with van der Waals surface area (Å²) >= 11 is 6.06. The zero-order valence-electron chi connectivity index (χ0n) is 27.7. The molecule has 0 aliphatic heterocycles. The molecule has 0 unspecified atom stereocenters. The summed E-state index contributed by atoms with van der Waals surface area (Å²) in [6.07, 6.45) is 46.0. The molecule has 0 aliphatic rings. The van der Waals surface area contributed by atoms with E-state index in [2.05, 4.69) is 38.2 Å². The molecule has 2 nitrogen and oxygen atoms in total. The number of unbranched alkanes of at least 4 members (excludes halogenated alkanes) is 24. The molecule has 246 valence electrons. The fourth-order valence-electron chi connectivity index (χ4n) is 5.37. The lowest BCUT2D eigenvalue weighted by molar-refractivity contribution is 0.499. The summed E-state index contributed by atoms with van der Waals surface area (Å²) < 4.78 is 0. The van der Waals surface area contributed by atoms with Gasteiger partial charge in [-0.25, -0.2) is 0 Å². The van der Waals surface area contributed by atoms with Crippen LogP contribution in [0.5, 0.6) is 0 Å². The van der Waals surface area contributed by atoms with Crippen LogP contribution in [0.25, 0.3) is 0 Å². The van der Waals surface area contributed by atoms with Crippen LogP contribution >= 0.6 is 17.1 Å². The van der Waals surface area contributed by atoms with E-state index in [1.807, 2.05) is 0 Å². The van der Waals surface area contributed by atoms with Crippen molar-refractivity contribution in [2.45, 2.75) is 194 Å². The zero-order valence-corrected chi connectivity index (χ0v) is 30.1. The maximum absolute atomic E-state index is 10.2. The Morgan fingerprint density at radius 3 is 0.927 bits per heavy atom. The van der Waals surface area contributed by atoms with Gasteiger partial charge in [-0.15, -0.1) is 10.1 Å². The normalized spacial score (nSPS) is 13.2. The van der Waals surface area contributed by atoms with Crippen LogP contribution in [-0.2, 0) is 10.1 Å². The summed E-state index contributed by atoms with van der Waals surface area (Å²) in [4.78, 5) is 20.3. The minimum absolute atomic E-state index is 0.407. The summed E-state index contributed by atoms with van der Waals surface area (Å²) in [5.41, 5.74) is 0. The Morgan fingerprint density at radius 2 is 0.659 bits per heavy atom. The maximum Gasteiger partial charge on any atom is 0.235 e. The third-order valence-corrected chi connectivity index (χ3v) is 15.1. The molecule has 0 saturated heterocycles. The minimum Gasteiger partial charge on any atom is -0.338 e.